The standard InChI is InChI=1S/C35H33N3O7S/c1-21-16-17-25(35(42)43)19-28(21)37-32(39)22(2)46-27-14-9-13-26(20-27)36-34(41)29(38-33(40)23-10-6-5-7-11-23)18-24-12-8-15-30(44-3)31(24)45-4/h5-20,22H,1-4H3,(H,36,41)(H,37,39)(H,38,40)(H,42,43)/b29-18+. The van der Waals surface area contributed by atoms with Crippen LogP contribution in [0.1, 0.15) is 38.8 Å². The number of ether oxygens (including phenoxy) is 2. The number of para-hydroxylation sites is 1. The summed E-state index contributed by atoms with van der Waals surface area (Å²) in [7, 11) is 2.99. The van der Waals surface area contributed by atoms with Gasteiger partial charge in [0.2, 0.25) is 5.91 Å². The predicted molar refractivity (Wildman–Crippen MR) is 179 cm³/mol. The molecule has 4 rings (SSSR count). The van der Waals surface area contributed by atoms with Crippen molar-refractivity contribution in [3.05, 3.63) is 119 Å². The topological polar surface area (TPSA) is 143 Å². The lowest BCUT2D eigenvalue weighted by molar-refractivity contribution is -0.115. The molecule has 0 saturated carbocycles. The van der Waals surface area contributed by atoms with Crippen LogP contribution in [0.2, 0.25) is 0 Å². The molecule has 0 aromatic heterocycles. The zero-order valence-corrected chi connectivity index (χ0v) is 26.4. The van der Waals surface area contributed by atoms with E-state index in [1.807, 2.05) is 0 Å². The van der Waals surface area contributed by atoms with Gasteiger partial charge in [0.15, 0.2) is 11.5 Å². The monoisotopic (exact) mass is 639 g/mol. The van der Waals surface area contributed by atoms with Gasteiger partial charge in [-0.1, -0.05) is 42.5 Å². The number of amides is 3. The van der Waals surface area contributed by atoms with Crippen LogP contribution >= 0.6 is 11.8 Å². The van der Waals surface area contributed by atoms with Gasteiger partial charge in [0, 0.05) is 27.4 Å². The van der Waals surface area contributed by atoms with E-state index in [-0.39, 0.29) is 17.2 Å². The molecule has 3 amide bonds. The molecule has 11 heteroatoms. The van der Waals surface area contributed by atoms with E-state index in [0.29, 0.717) is 38.9 Å². The molecule has 236 valence electrons. The highest BCUT2D eigenvalue weighted by atomic mass is 32.2. The van der Waals surface area contributed by atoms with Gasteiger partial charge in [-0.15, -0.1) is 11.8 Å². The fraction of sp³-hybridized carbons (Fsp3) is 0.143. The van der Waals surface area contributed by atoms with Crippen molar-refractivity contribution in [3.63, 3.8) is 0 Å². The Hall–Kier alpha value is -5.55. The van der Waals surface area contributed by atoms with Gasteiger partial charge in [-0.3, -0.25) is 14.4 Å². The molecule has 0 radical (unpaired) electrons. The Morgan fingerprint density at radius 1 is 0.826 bits per heavy atom. The third-order valence-corrected chi connectivity index (χ3v) is 7.87. The van der Waals surface area contributed by atoms with Crippen LogP contribution in [0.5, 0.6) is 11.5 Å². The molecule has 1 unspecified atom stereocenters. The van der Waals surface area contributed by atoms with E-state index >= 15 is 0 Å². The van der Waals surface area contributed by atoms with Crippen molar-refractivity contribution in [3.8, 4) is 11.5 Å². The first-order chi connectivity index (χ1) is 22.1. The van der Waals surface area contributed by atoms with E-state index in [0.717, 1.165) is 5.56 Å². The van der Waals surface area contributed by atoms with Gasteiger partial charge >= 0.3 is 5.97 Å². The third kappa shape index (κ3) is 8.54. The fourth-order valence-corrected chi connectivity index (χ4v) is 5.28. The first-order valence-electron chi connectivity index (χ1n) is 14.1. The van der Waals surface area contributed by atoms with E-state index in [4.69, 9.17) is 9.47 Å². The number of anilines is 2. The zero-order chi connectivity index (χ0) is 33.2. The lowest BCUT2D eigenvalue weighted by atomic mass is 10.1. The lowest BCUT2D eigenvalue weighted by Gasteiger charge is -2.15. The number of carbonyl (C=O) groups is 4. The Labute approximate surface area is 270 Å². The molecule has 0 heterocycles. The van der Waals surface area contributed by atoms with Gasteiger partial charge in [-0.05, 0) is 74.0 Å². The van der Waals surface area contributed by atoms with Crippen LogP contribution in [-0.2, 0) is 9.59 Å². The zero-order valence-electron chi connectivity index (χ0n) is 25.6. The average molecular weight is 640 g/mol. The maximum atomic E-state index is 13.6. The average Bonchev–Trinajstić information content (AvgIpc) is 3.05. The first kappa shape index (κ1) is 33.3. The number of methoxy groups -OCH3 is 2. The summed E-state index contributed by atoms with van der Waals surface area (Å²) in [6.45, 7) is 3.50. The molecule has 10 nitrogen and oxygen atoms in total. The minimum atomic E-state index is -1.09. The van der Waals surface area contributed by atoms with Crippen LogP contribution < -0.4 is 25.4 Å². The van der Waals surface area contributed by atoms with Crippen LogP contribution in [0, 0.1) is 6.92 Å². The number of aromatic carboxylic acids is 1. The van der Waals surface area contributed by atoms with Crippen LogP contribution in [-0.4, -0.2) is 48.3 Å². The second kappa shape index (κ2) is 15.4. The summed E-state index contributed by atoms with van der Waals surface area (Å²) in [5, 5.41) is 17.1. The summed E-state index contributed by atoms with van der Waals surface area (Å²) in [5.74, 6) is -1.62. The number of aryl methyl sites for hydroxylation is 1. The smallest absolute Gasteiger partial charge is 0.335 e. The van der Waals surface area contributed by atoms with Gasteiger partial charge in [0.05, 0.1) is 25.0 Å². The van der Waals surface area contributed by atoms with Gasteiger partial charge in [-0.2, -0.15) is 0 Å². The Bertz CT molecular complexity index is 1790. The van der Waals surface area contributed by atoms with E-state index < -0.39 is 23.0 Å². The minimum absolute atomic E-state index is 0.0369. The normalized spacial score (nSPS) is 11.6. The number of nitrogens with one attached hydrogen (secondary N) is 3. The highest BCUT2D eigenvalue weighted by Gasteiger charge is 2.19. The molecule has 0 aliphatic heterocycles. The molecule has 0 saturated heterocycles. The number of thioether (sulfide) groups is 1. The summed E-state index contributed by atoms with van der Waals surface area (Å²) >= 11 is 1.26. The molecule has 0 aliphatic carbocycles. The van der Waals surface area contributed by atoms with Crippen molar-refractivity contribution in [2.75, 3.05) is 24.9 Å². The van der Waals surface area contributed by atoms with Crippen molar-refractivity contribution in [2.45, 2.75) is 24.0 Å². The number of rotatable bonds is 12. The number of hydrogen-bond donors (Lipinski definition) is 4. The maximum absolute atomic E-state index is 13.6. The molecule has 0 spiro atoms. The van der Waals surface area contributed by atoms with Crippen LogP contribution in [0.4, 0.5) is 11.4 Å². The molecule has 0 bridgehead atoms. The quantitative estimate of drug-likeness (QED) is 0.105. The summed E-state index contributed by atoms with van der Waals surface area (Å²) in [4.78, 5) is 51.7. The van der Waals surface area contributed by atoms with Crippen LogP contribution in [0.15, 0.2) is 102 Å². The number of carboxylic acid groups (broad SMARTS) is 1. The lowest BCUT2D eigenvalue weighted by Crippen LogP contribution is -2.30. The predicted octanol–water partition coefficient (Wildman–Crippen LogP) is 6.24. The molecule has 0 fully saturated rings. The van der Waals surface area contributed by atoms with E-state index in [9.17, 15) is 24.3 Å². The van der Waals surface area contributed by atoms with Gasteiger partial charge < -0.3 is 30.5 Å². The largest absolute Gasteiger partial charge is 0.493 e. The Morgan fingerprint density at radius 2 is 1.57 bits per heavy atom. The van der Waals surface area contributed by atoms with E-state index in [2.05, 4.69) is 16.0 Å². The number of carboxylic acids is 1. The molecular formula is C35H33N3O7S. The Balaban J connectivity index is 1.54. The van der Waals surface area contributed by atoms with Gasteiger partial charge in [0.1, 0.15) is 5.70 Å². The summed E-state index contributed by atoms with van der Waals surface area (Å²) in [6.07, 6.45) is 1.50. The van der Waals surface area contributed by atoms with Crippen LogP contribution in [0.3, 0.4) is 0 Å². The van der Waals surface area contributed by atoms with Crippen molar-refractivity contribution in [1.29, 1.82) is 0 Å². The van der Waals surface area contributed by atoms with Crippen molar-refractivity contribution >= 4 is 52.9 Å². The number of benzene rings is 4. The van der Waals surface area contributed by atoms with E-state index in [1.165, 1.54) is 44.2 Å². The molecule has 1 atom stereocenters. The van der Waals surface area contributed by atoms with Crippen molar-refractivity contribution in [2.24, 2.45) is 0 Å². The number of hydrogen-bond acceptors (Lipinski definition) is 7. The molecule has 0 aliphatic rings. The summed E-state index contributed by atoms with van der Waals surface area (Å²) in [6, 6.07) is 25.2. The Kier molecular flexibility index (Phi) is 11.2. The first-order valence-corrected chi connectivity index (χ1v) is 15.0. The number of carbonyl (C=O) groups excluding carboxylic acids is 3. The molecule has 4 aromatic rings. The molecule has 4 N–H and O–H groups in total. The van der Waals surface area contributed by atoms with Gasteiger partial charge in [0.25, 0.3) is 11.8 Å². The van der Waals surface area contributed by atoms with E-state index in [1.54, 1.807) is 92.7 Å². The Morgan fingerprint density at radius 3 is 2.26 bits per heavy atom. The van der Waals surface area contributed by atoms with Crippen molar-refractivity contribution in [1.82, 2.24) is 5.32 Å². The highest BCUT2D eigenvalue weighted by Crippen LogP contribution is 2.32. The molecule has 46 heavy (non-hydrogen) atoms. The summed E-state index contributed by atoms with van der Waals surface area (Å²) in [5.41, 5.74) is 2.50. The maximum Gasteiger partial charge on any atom is 0.335 e. The second-order valence-corrected chi connectivity index (χ2v) is 11.4. The molecular weight excluding hydrogens is 606 g/mol. The summed E-state index contributed by atoms with van der Waals surface area (Å²) < 4.78 is 10.9. The highest BCUT2D eigenvalue weighted by molar-refractivity contribution is 8.00. The van der Waals surface area contributed by atoms with Gasteiger partial charge in [-0.25, -0.2) is 4.79 Å². The van der Waals surface area contributed by atoms with Crippen molar-refractivity contribution < 1.29 is 33.8 Å². The fourth-order valence-electron chi connectivity index (χ4n) is 4.35. The van der Waals surface area contributed by atoms with Crippen LogP contribution in [0.25, 0.3) is 6.08 Å². The molecule has 4 aromatic carbocycles. The third-order valence-electron chi connectivity index (χ3n) is 6.78. The minimum Gasteiger partial charge on any atom is -0.493 e. The SMILES string of the molecule is COc1cccc(/C=C(/NC(=O)c2ccccc2)C(=O)Nc2cccc(SC(C)C(=O)Nc3cc(C(=O)O)ccc3C)c2)c1OC. The second-order valence-electron chi connectivity index (χ2n) is 10.0.